The van der Waals surface area contributed by atoms with Crippen molar-refractivity contribution in [1.82, 2.24) is 15.2 Å². The minimum absolute atomic E-state index is 0.0142. The van der Waals surface area contributed by atoms with E-state index in [0.717, 1.165) is 0 Å². The van der Waals surface area contributed by atoms with Crippen molar-refractivity contribution in [3.8, 4) is 12.1 Å². The van der Waals surface area contributed by atoms with Crippen LogP contribution in [0.3, 0.4) is 0 Å². The first-order valence-electron chi connectivity index (χ1n) is 5.28. The monoisotopic (exact) mass is 252 g/mol. The molecule has 2 N–H and O–H groups in total. The van der Waals surface area contributed by atoms with Crippen LogP contribution in [0.1, 0.15) is 27.6 Å². The van der Waals surface area contributed by atoms with Crippen LogP contribution in [0, 0.1) is 29.6 Å². The predicted molar refractivity (Wildman–Crippen MR) is 64.9 cm³/mol. The van der Waals surface area contributed by atoms with Crippen molar-refractivity contribution in [3.05, 3.63) is 41.0 Å². The Morgan fingerprint density at radius 1 is 1.32 bits per heavy atom. The van der Waals surface area contributed by atoms with E-state index >= 15 is 0 Å². The zero-order chi connectivity index (χ0) is 13.8. The van der Waals surface area contributed by atoms with E-state index in [1.54, 1.807) is 6.92 Å². The van der Waals surface area contributed by atoms with Gasteiger partial charge < -0.3 is 5.32 Å². The SMILES string of the molecule is Cc1nc(C(=O)Nc2ccc(C#N)c(C#N)c2)n[nH]1. The fraction of sp³-hybridized carbons (Fsp3) is 0.0833. The standard InChI is InChI=1S/C12H8N6O/c1-7-15-11(18-17-7)12(19)16-10-3-2-8(5-13)9(4-10)6-14/h2-4H,1H3,(H,16,19)(H,15,17,18). The topological polar surface area (TPSA) is 118 Å². The number of hydrogen-bond acceptors (Lipinski definition) is 5. The van der Waals surface area contributed by atoms with Crippen molar-refractivity contribution in [2.75, 3.05) is 5.32 Å². The summed E-state index contributed by atoms with van der Waals surface area (Å²) in [7, 11) is 0. The van der Waals surface area contributed by atoms with Gasteiger partial charge in [0.2, 0.25) is 5.82 Å². The number of hydrogen-bond donors (Lipinski definition) is 2. The first-order valence-corrected chi connectivity index (χ1v) is 5.28. The van der Waals surface area contributed by atoms with Gasteiger partial charge in [0.05, 0.1) is 11.1 Å². The highest BCUT2D eigenvalue weighted by atomic mass is 16.2. The molecule has 92 valence electrons. The summed E-state index contributed by atoms with van der Waals surface area (Å²) >= 11 is 0. The van der Waals surface area contributed by atoms with E-state index in [4.69, 9.17) is 10.5 Å². The molecule has 0 aliphatic heterocycles. The van der Waals surface area contributed by atoms with Crippen molar-refractivity contribution in [2.24, 2.45) is 0 Å². The Balaban J connectivity index is 2.23. The summed E-state index contributed by atoms with van der Waals surface area (Å²) in [6.07, 6.45) is 0. The first-order chi connectivity index (χ1) is 9.13. The van der Waals surface area contributed by atoms with Gasteiger partial charge in [-0.15, -0.1) is 5.10 Å². The molecule has 0 unspecified atom stereocenters. The second kappa shape index (κ2) is 4.98. The number of aryl methyl sites for hydroxylation is 1. The third kappa shape index (κ3) is 2.56. The molecule has 0 atom stereocenters. The molecule has 0 aliphatic carbocycles. The lowest BCUT2D eigenvalue weighted by molar-refractivity contribution is 0.101. The van der Waals surface area contributed by atoms with Gasteiger partial charge in [-0.3, -0.25) is 9.89 Å². The second-order valence-corrected chi connectivity index (χ2v) is 3.68. The van der Waals surface area contributed by atoms with Gasteiger partial charge in [0.15, 0.2) is 0 Å². The molecule has 7 nitrogen and oxygen atoms in total. The fourth-order valence-corrected chi connectivity index (χ4v) is 1.44. The molecule has 0 aliphatic rings. The fourth-order valence-electron chi connectivity index (χ4n) is 1.44. The average Bonchev–Trinajstić information content (AvgIpc) is 2.85. The number of H-pyrrole nitrogens is 1. The number of aromatic nitrogens is 3. The summed E-state index contributed by atoms with van der Waals surface area (Å²) in [5.74, 6) is 0.0565. The maximum Gasteiger partial charge on any atom is 0.295 e. The van der Waals surface area contributed by atoms with Gasteiger partial charge in [0, 0.05) is 5.69 Å². The number of anilines is 1. The summed E-state index contributed by atoms with van der Waals surface area (Å²) in [6, 6.07) is 8.22. The van der Waals surface area contributed by atoms with Crippen LogP contribution in [-0.2, 0) is 0 Å². The van der Waals surface area contributed by atoms with Crippen LogP contribution in [-0.4, -0.2) is 21.1 Å². The Labute approximate surface area is 108 Å². The quantitative estimate of drug-likeness (QED) is 0.829. The number of rotatable bonds is 2. The summed E-state index contributed by atoms with van der Waals surface area (Å²) in [4.78, 5) is 15.7. The molecule has 0 radical (unpaired) electrons. The number of nitrogens with one attached hydrogen (secondary N) is 2. The minimum atomic E-state index is -0.488. The van der Waals surface area contributed by atoms with E-state index in [2.05, 4.69) is 20.5 Å². The Morgan fingerprint density at radius 2 is 2.05 bits per heavy atom. The van der Waals surface area contributed by atoms with Crippen LogP contribution in [0.5, 0.6) is 0 Å². The molecule has 0 saturated carbocycles. The van der Waals surface area contributed by atoms with Gasteiger partial charge in [-0.1, -0.05) is 0 Å². The van der Waals surface area contributed by atoms with E-state index in [9.17, 15) is 4.79 Å². The number of amides is 1. The molecule has 0 fully saturated rings. The van der Waals surface area contributed by atoms with Gasteiger partial charge >= 0.3 is 0 Å². The number of carbonyl (C=O) groups is 1. The molecule has 0 bridgehead atoms. The largest absolute Gasteiger partial charge is 0.319 e. The van der Waals surface area contributed by atoms with Gasteiger partial charge in [-0.25, -0.2) is 4.98 Å². The normalized spacial score (nSPS) is 9.42. The highest BCUT2D eigenvalue weighted by molar-refractivity contribution is 6.01. The summed E-state index contributed by atoms with van der Waals surface area (Å²) in [6.45, 7) is 1.68. The number of nitrogens with zero attached hydrogens (tertiary/aromatic N) is 4. The van der Waals surface area contributed by atoms with Crippen LogP contribution >= 0.6 is 0 Å². The maximum absolute atomic E-state index is 11.8. The van der Waals surface area contributed by atoms with E-state index in [0.29, 0.717) is 11.5 Å². The lowest BCUT2D eigenvalue weighted by Crippen LogP contribution is -2.14. The summed E-state index contributed by atoms with van der Waals surface area (Å²) in [5.41, 5.74) is 0.865. The molecule has 1 aromatic heterocycles. The third-order valence-electron chi connectivity index (χ3n) is 2.32. The van der Waals surface area contributed by atoms with Crippen molar-refractivity contribution in [3.63, 3.8) is 0 Å². The van der Waals surface area contributed by atoms with E-state index in [1.165, 1.54) is 18.2 Å². The van der Waals surface area contributed by atoms with Crippen molar-refractivity contribution >= 4 is 11.6 Å². The van der Waals surface area contributed by atoms with Gasteiger partial charge in [-0.2, -0.15) is 10.5 Å². The maximum atomic E-state index is 11.8. The van der Waals surface area contributed by atoms with Crippen LogP contribution in [0.2, 0.25) is 0 Å². The van der Waals surface area contributed by atoms with Crippen LogP contribution in [0.25, 0.3) is 0 Å². The smallest absolute Gasteiger partial charge is 0.295 e. The van der Waals surface area contributed by atoms with E-state index < -0.39 is 5.91 Å². The highest BCUT2D eigenvalue weighted by Gasteiger charge is 2.12. The van der Waals surface area contributed by atoms with Crippen molar-refractivity contribution in [1.29, 1.82) is 10.5 Å². The third-order valence-corrected chi connectivity index (χ3v) is 2.32. The number of aromatic amines is 1. The Morgan fingerprint density at radius 3 is 2.63 bits per heavy atom. The highest BCUT2D eigenvalue weighted by Crippen LogP contribution is 2.15. The molecule has 2 rings (SSSR count). The molecule has 19 heavy (non-hydrogen) atoms. The zero-order valence-electron chi connectivity index (χ0n) is 9.93. The number of carbonyl (C=O) groups excluding carboxylic acids is 1. The van der Waals surface area contributed by atoms with E-state index in [1.807, 2.05) is 12.1 Å². The molecular weight excluding hydrogens is 244 g/mol. The molecule has 1 heterocycles. The average molecular weight is 252 g/mol. The molecule has 0 saturated heterocycles. The molecule has 7 heteroatoms. The minimum Gasteiger partial charge on any atom is -0.319 e. The van der Waals surface area contributed by atoms with Crippen LogP contribution in [0.15, 0.2) is 18.2 Å². The second-order valence-electron chi connectivity index (χ2n) is 3.68. The van der Waals surface area contributed by atoms with Gasteiger partial charge in [0.1, 0.15) is 18.0 Å². The lowest BCUT2D eigenvalue weighted by atomic mass is 10.1. The Kier molecular flexibility index (Phi) is 3.22. The van der Waals surface area contributed by atoms with Gasteiger partial charge in [0.25, 0.3) is 5.91 Å². The summed E-state index contributed by atoms with van der Waals surface area (Å²) in [5, 5.41) is 26.5. The Bertz CT molecular complexity index is 719. The van der Waals surface area contributed by atoms with Crippen LogP contribution < -0.4 is 5.32 Å². The number of benzene rings is 1. The summed E-state index contributed by atoms with van der Waals surface area (Å²) < 4.78 is 0. The zero-order valence-corrected chi connectivity index (χ0v) is 9.93. The van der Waals surface area contributed by atoms with Crippen LogP contribution in [0.4, 0.5) is 5.69 Å². The van der Waals surface area contributed by atoms with E-state index in [-0.39, 0.29) is 17.0 Å². The molecule has 1 amide bonds. The molecular formula is C12H8N6O. The van der Waals surface area contributed by atoms with Gasteiger partial charge in [-0.05, 0) is 25.1 Å². The van der Waals surface area contributed by atoms with Crippen molar-refractivity contribution < 1.29 is 4.79 Å². The molecule has 1 aromatic carbocycles. The lowest BCUT2D eigenvalue weighted by Gasteiger charge is -2.03. The van der Waals surface area contributed by atoms with Crippen molar-refractivity contribution in [2.45, 2.75) is 6.92 Å². The first kappa shape index (κ1) is 12.3. The molecule has 2 aromatic rings. The predicted octanol–water partition coefficient (Wildman–Crippen LogP) is 1.11. The molecule has 0 spiro atoms. The number of nitriles is 2. The Hall–Kier alpha value is -3.19.